The number of carbonyl (C=O) groups excluding carboxylic acids is 1. The van der Waals surface area contributed by atoms with Gasteiger partial charge in [-0.05, 0) is 55.0 Å². The van der Waals surface area contributed by atoms with E-state index in [1.807, 2.05) is 48.5 Å². The maximum atomic E-state index is 12.2. The zero-order valence-electron chi connectivity index (χ0n) is 21.3. The van der Waals surface area contributed by atoms with Crippen molar-refractivity contribution in [3.05, 3.63) is 48.5 Å². The Hall–Kier alpha value is -2.49. The van der Waals surface area contributed by atoms with Gasteiger partial charge in [0.05, 0.1) is 0 Å². The van der Waals surface area contributed by atoms with E-state index in [-0.39, 0.29) is 5.91 Å². The first kappa shape index (κ1) is 27.8. The van der Waals surface area contributed by atoms with Crippen molar-refractivity contribution in [1.29, 1.82) is 0 Å². The Morgan fingerprint density at radius 1 is 0.647 bits per heavy atom. The molecule has 0 unspecified atom stereocenters. The number of unbranched alkanes of at least 4 members (excludes halogenated alkanes) is 14. The number of ether oxygens (including phenoxy) is 1. The highest BCUT2D eigenvalue weighted by Crippen LogP contribution is 2.24. The zero-order valence-corrected chi connectivity index (χ0v) is 21.3. The summed E-state index contributed by atoms with van der Waals surface area (Å²) in [6, 6.07) is 14.8. The van der Waals surface area contributed by atoms with Crippen LogP contribution < -0.4 is 15.8 Å². The van der Waals surface area contributed by atoms with Crippen LogP contribution in [0.4, 0.5) is 11.4 Å². The van der Waals surface area contributed by atoms with Crippen molar-refractivity contribution in [2.75, 3.05) is 11.1 Å². The number of hydrogen-bond acceptors (Lipinski definition) is 3. The molecule has 0 saturated heterocycles. The molecule has 0 spiro atoms. The summed E-state index contributed by atoms with van der Waals surface area (Å²) in [5, 5.41) is 2.98. The maximum Gasteiger partial charge on any atom is 0.224 e. The summed E-state index contributed by atoms with van der Waals surface area (Å²) in [5.41, 5.74) is 7.20. The highest BCUT2D eigenvalue weighted by molar-refractivity contribution is 5.90. The van der Waals surface area contributed by atoms with Crippen LogP contribution in [0.15, 0.2) is 48.5 Å². The molecule has 0 bridgehead atoms. The molecular weight excluding hydrogens is 420 g/mol. The molecule has 0 aliphatic rings. The molecule has 0 aliphatic carbocycles. The third-order valence-corrected chi connectivity index (χ3v) is 6.26. The van der Waals surface area contributed by atoms with Gasteiger partial charge in [-0.15, -0.1) is 0 Å². The van der Waals surface area contributed by atoms with Gasteiger partial charge in [0.2, 0.25) is 5.91 Å². The first-order valence-corrected chi connectivity index (χ1v) is 13.6. The standard InChI is InChI=1S/C30H46N2O2/c1-2-3-4-5-6-7-8-9-10-11-12-13-14-15-16-17-30(33)32-27-20-24-29(25-21-27)34-28-22-18-26(31)19-23-28/h18-25H,2-17,31H2,1H3,(H,32,33). The third-order valence-electron chi connectivity index (χ3n) is 6.26. The summed E-state index contributed by atoms with van der Waals surface area (Å²) in [6.45, 7) is 2.28. The van der Waals surface area contributed by atoms with Crippen LogP contribution in [-0.4, -0.2) is 5.91 Å². The first-order chi connectivity index (χ1) is 16.7. The van der Waals surface area contributed by atoms with Crippen molar-refractivity contribution in [3.63, 3.8) is 0 Å². The Morgan fingerprint density at radius 2 is 1.06 bits per heavy atom. The van der Waals surface area contributed by atoms with Crippen molar-refractivity contribution < 1.29 is 9.53 Å². The van der Waals surface area contributed by atoms with Gasteiger partial charge >= 0.3 is 0 Å². The summed E-state index contributed by atoms with van der Waals surface area (Å²) in [4.78, 5) is 12.2. The van der Waals surface area contributed by atoms with E-state index < -0.39 is 0 Å². The lowest BCUT2D eigenvalue weighted by molar-refractivity contribution is -0.116. The summed E-state index contributed by atoms with van der Waals surface area (Å²) in [5.74, 6) is 1.55. The maximum absolute atomic E-state index is 12.2. The molecule has 2 rings (SSSR count). The van der Waals surface area contributed by atoms with Gasteiger partial charge < -0.3 is 15.8 Å². The molecular formula is C30H46N2O2. The Kier molecular flexibility index (Phi) is 14.6. The van der Waals surface area contributed by atoms with E-state index in [4.69, 9.17) is 10.5 Å². The third kappa shape index (κ3) is 13.3. The molecule has 0 radical (unpaired) electrons. The van der Waals surface area contributed by atoms with Crippen LogP contribution in [0.3, 0.4) is 0 Å². The predicted octanol–water partition coefficient (Wildman–Crippen LogP) is 9.26. The topological polar surface area (TPSA) is 64.3 Å². The van der Waals surface area contributed by atoms with Crippen LogP contribution in [0, 0.1) is 0 Å². The molecule has 4 nitrogen and oxygen atoms in total. The van der Waals surface area contributed by atoms with Gasteiger partial charge in [-0.3, -0.25) is 4.79 Å². The van der Waals surface area contributed by atoms with Gasteiger partial charge in [0, 0.05) is 17.8 Å². The van der Waals surface area contributed by atoms with Gasteiger partial charge in [0.25, 0.3) is 0 Å². The second-order valence-electron chi connectivity index (χ2n) is 9.44. The average Bonchev–Trinajstić information content (AvgIpc) is 2.84. The fourth-order valence-corrected chi connectivity index (χ4v) is 4.16. The van der Waals surface area contributed by atoms with Crippen LogP contribution in [0.1, 0.15) is 110 Å². The molecule has 4 heteroatoms. The fourth-order valence-electron chi connectivity index (χ4n) is 4.16. The minimum Gasteiger partial charge on any atom is -0.457 e. The molecule has 0 aliphatic heterocycles. The normalized spacial score (nSPS) is 10.9. The molecule has 0 saturated carbocycles. The van der Waals surface area contributed by atoms with Gasteiger partial charge in [-0.25, -0.2) is 0 Å². The minimum absolute atomic E-state index is 0.0851. The molecule has 2 aromatic carbocycles. The quantitative estimate of drug-likeness (QED) is 0.160. The second kappa shape index (κ2) is 17.9. The molecule has 0 aromatic heterocycles. The first-order valence-electron chi connectivity index (χ1n) is 13.6. The number of rotatable bonds is 19. The summed E-state index contributed by atoms with van der Waals surface area (Å²) in [6.07, 6.45) is 20.6. The van der Waals surface area contributed by atoms with Crippen LogP contribution in [0.2, 0.25) is 0 Å². The number of nitrogen functional groups attached to an aromatic ring is 1. The molecule has 0 heterocycles. The molecule has 0 fully saturated rings. The molecule has 0 atom stereocenters. The SMILES string of the molecule is CCCCCCCCCCCCCCCCCC(=O)Nc1ccc(Oc2ccc(N)cc2)cc1. The van der Waals surface area contributed by atoms with Crippen molar-refractivity contribution >= 4 is 17.3 Å². The summed E-state index contributed by atoms with van der Waals surface area (Å²) in [7, 11) is 0. The largest absolute Gasteiger partial charge is 0.457 e. The van der Waals surface area contributed by atoms with E-state index in [9.17, 15) is 4.79 Å². The van der Waals surface area contributed by atoms with Crippen molar-refractivity contribution in [3.8, 4) is 11.5 Å². The molecule has 3 N–H and O–H groups in total. The number of nitrogens with one attached hydrogen (secondary N) is 1. The number of amides is 1. The Balaban J connectivity index is 1.42. The minimum atomic E-state index is 0.0851. The zero-order chi connectivity index (χ0) is 24.3. The Morgan fingerprint density at radius 3 is 1.53 bits per heavy atom. The monoisotopic (exact) mass is 466 g/mol. The van der Waals surface area contributed by atoms with Crippen molar-refractivity contribution in [2.45, 2.75) is 110 Å². The van der Waals surface area contributed by atoms with E-state index in [0.717, 1.165) is 30.0 Å². The van der Waals surface area contributed by atoms with E-state index in [0.29, 0.717) is 12.1 Å². The van der Waals surface area contributed by atoms with E-state index in [1.165, 1.54) is 83.5 Å². The van der Waals surface area contributed by atoms with E-state index in [2.05, 4.69) is 12.2 Å². The molecule has 1 amide bonds. The Labute approximate surface area is 207 Å². The van der Waals surface area contributed by atoms with Gasteiger partial charge in [0.15, 0.2) is 0 Å². The molecule has 188 valence electrons. The summed E-state index contributed by atoms with van der Waals surface area (Å²) >= 11 is 0. The lowest BCUT2D eigenvalue weighted by Crippen LogP contribution is -2.10. The van der Waals surface area contributed by atoms with Crippen molar-refractivity contribution in [2.24, 2.45) is 0 Å². The van der Waals surface area contributed by atoms with Crippen LogP contribution in [-0.2, 0) is 4.79 Å². The van der Waals surface area contributed by atoms with Gasteiger partial charge in [0.1, 0.15) is 11.5 Å². The van der Waals surface area contributed by atoms with E-state index >= 15 is 0 Å². The number of hydrogen-bond donors (Lipinski definition) is 2. The van der Waals surface area contributed by atoms with Crippen molar-refractivity contribution in [1.82, 2.24) is 0 Å². The van der Waals surface area contributed by atoms with Crippen LogP contribution >= 0.6 is 0 Å². The Bertz CT molecular complexity index is 771. The lowest BCUT2D eigenvalue weighted by Gasteiger charge is -2.08. The number of anilines is 2. The highest BCUT2D eigenvalue weighted by atomic mass is 16.5. The summed E-state index contributed by atoms with van der Waals surface area (Å²) < 4.78 is 5.79. The van der Waals surface area contributed by atoms with E-state index in [1.54, 1.807) is 0 Å². The molecule has 34 heavy (non-hydrogen) atoms. The van der Waals surface area contributed by atoms with Gasteiger partial charge in [-0.2, -0.15) is 0 Å². The van der Waals surface area contributed by atoms with Crippen LogP contribution in [0.25, 0.3) is 0 Å². The number of nitrogens with two attached hydrogens (primary N) is 1. The second-order valence-corrected chi connectivity index (χ2v) is 9.44. The van der Waals surface area contributed by atoms with Gasteiger partial charge in [-0.1, -0.05) is 96.8 Å². The highest BCUT2D eigenvalue weighted by Gasteiger charge is 2.04. The number of benzene rings is 2. The number of carbonyl (C=O) groups is 1. The smallest absolute Gasteiger partial charge is 0.224 e. The predicted molar refractivity (Wildman–Crippen MR) is 146 cm³/mol. The lowest BCUT2D eigenvalue weighted by atomic mass is 10.0. The van der Waals surface area contributed by atoms with Crippen LogP contribution in [0.5, 0.6) is 11.5 Å². The molecule has 2 aromatic rings. The average molecular weight is 467 g/mol. The fraction of sp³-hybridized carbons (Fsp3) is 0.567.